The van der Waals surface area contributed by atoms with E-state index >= 15 is 0 Å². The van der Waals surface area contributed by atoms with Crippen LogP contribution in [0.15, 0.2) is 47.4 Å². The Hall–Kier alpha value is -3.20. The van der Waals surface area contributed by atoms with Crippen LogP contribution in [0.1, 0.15) is 43.7 Å². The van der Waals surface area contributed by atoms with Crippen LogP contribution in [-0.2, 0) is 31.0 Å². The number of hydrogen-bond donors (Lipinski definition) is 2. The minimum Gasteiger partial charge on any atom is -0.326 e. The molecular formula is C24H27N3O5S. The normalized spacial score (nSPS) is 20.5. The molecule has 2 aromatic carbocycles. The SMILES string of the molecule is CC(=O)Nc1ccc(NS(=O)(=O)c2cc(CN3C(=O)[C@H]4CCCC[C@H]4C3=O)ccc2C)cc1. The van der Waals surface area contributed by atoms with Crippen molar-refractivity contribution < 1.29 is 22.8 Å². The maximum absolute atomic E-state index is 13.1. The number of rotatable bonds is 6. The predicted octanol–water partition coefficient (Wildman–Crippen LogP) is 3.43. The fourth-order valence-corrected chi connectivity index (χ4v) is 5.99. The van der Waals surface area contributed by atoms with Gasteiger partial charge in [0.1, 0.15) is 0 Å². The van der Waals surface area contributed by atoms with Gasteiger partial charge in [-0.1, -0.05) is 25.0 Å². The molecule has 174 valence electrons. The first kappa shape index (κ1) is 23.0. The highest BCUT2D eigenvalue weighted by Gasteiger charge is 2.47. The predicted molar refractivity (Wildman–Crippen MR) is 124 cm³/mol. The van der Waals surface area contributed by atoms with Gasteiger partial charge in [0, 0.05) is 18.3 Å². The first-order chi connectivity index (χ1) is 15.7. The lowest BCUT2D eigenvalue weighted by Crippen LogP contribution is -2.30. The number of amides is 3. The number of carbonyl (C=O) groups excluding carboxylic acids is 3. The van der Waals surface area contributed by atoms with E-state index in [1.165, 1.54) is 17.9 Å². The van der Waals surface area contributed by atoms with Crippen molar-refractivity contribution in [2.45, 2.75) is 51.0 Å². The Morgan fingerprint density at radius 3 is 2.12 bits per heavy atom. The Morgan fingerprint density at radius 1 is 0.970 bits per heavy atom. The fraction of sp³-hybridized carbons (Fsp3) is 0.375. The van der Waals surface area contributed by atoms with Crippen molar-refractivity contribution in [1.29, 1.82) is 0 Å². The largest absolute Gasteiger partial charge is 0.326 e. The molecule has 0 spiro atoms. The molecule has 0 radical (unpaired) electrons. The van der Waals surface area contributed by atoms with Crippen molar-refractivity contribution in [2.24, 2.45) is 11.8 Å². The van der Waals surface area contributed by atoms with Crippen LogP contribution in [-0.4, -0.2) is 31.0 Å². The van der Waals surface area contributed by atoms with Crippen molar-refractivity contribution in [3.63, 3.8) is 0 Å². The Labute approximate surface area is 193 Å². The minimum atomic E-state index is -3.91. The van der Waals surface area contributed by atoms with Gasteiger partial charge in [0.2, 0.25) is 17.7 Å². The summed E-state index contributed by atoms with van der Waals surface area (Å²) >= 11 is 0. The molecule has 3 amide bonds. The van der Waals surface area contributed by atoms with Crippen molar-refractivity contribution in [3.8, 4) is 0 Å². The molecule has 1 aliphatic heterocycles. The van der Waals surface area contributed by atoms with Crippen LogP contribution in [0.2, 0.25) is 0 Å². The van der Waals surface area contributed by atoms with Gasteiger partial charge in [-0.3, -0.25) is 24.0 Å². The summed E-state index contributed by atoms with van der Waals surface area (Å²) < 4.78 is 28.7. The van der Waals surface area contributed by atoms with Crippen LogP contribution < -0.4 is 10.0 Å². The molecule has 0 aromatic heterocycles. The van der Waals surface area contributed by atoms with Gasteiger partial charge in [-0.2, -0.15) is 0 Å². The Bertz CT molecular complexity index is 1180. The molecule has 1 saturated carbocycles. The van der Waals surface area contributed by atoms with E-state index in [1.54, 1.807) is 43.3 Å². The number of anilines is 2. The molecule has 1 saturated heterocycles. The van der Waals surface area contributed by atoms with Gasteiger partial charge in [0.15, 0.2) is 0 Å². The summed E-state index contributed by atoms with van der Waals surface area (Å²) in [6.45, 7) is 3.15. The van der Waals surface area contributed by atoms with Crippen molar-refractivity contribution in [2.75, 3.05) is 10.0 Å². The molecule has 33 heavy (non-hydrogen) atoms. The van der Waals surface area contributed by atoms with E-state index in [0.29, 0.717) is 22.5 Å². The quantitative estimate of drug-likeness (QED) is 0.630. The molecule has 2 atom stereocenters. The highest BCUT2D eigenvalue weighted by Crippen LogP contribution is 2.38. The summed E-state index contributed by atoms with van der Waals surface area (Å²) in [6, 6.07) is 11.3. The van der Waals surface area contributed by atoms with Gasteiger partial charge < -0.3 is 5.32 Å². The smallest absolute Gasteiger partial charge is 0.262 e. The van der Waals surface area contributed by atoms with Gasteiger partial charge in [-0.25, -0.2) is 8.42 Å². The highest BCUT2D eigenvalue weighted by atomic mass is 32.2. The van der Waals surface area contributed by atoms with Gasteiger partial charge in [0.05, 0.1) is 23.3 Å². The Balaban J connectivity index is 1.53. The van der Waals surface area contributed by atoms with Crippen molar-refractivity contribution in [1.82, 2.24) is 4.90 Å². The second kappa shape index (κ2) is 8.97. The van der Waals surface area contributed by atoms with E-state index < -0.39 is 10.0 Å². The molecule has 9 heteroatoms. The molecule has 0 bridgehead atoms. The van der Waals surface area contributed by atoms with E-state index in [0.717, 1.165) is 25.7 Å². The number of likely N-dealkylation sites (tertiary alicyclic amines) is 1. The van der Waals surface area contributed by atoms with Gasteiger partial charge in [0.25, 0.3) is 10.0 Å². The van der Waals surface area contributed by atoms with Gasteiger partial charge in [-0.05, 0) is 61.2 Å². The maximum Gasteiger partial charge on any atom is 0.262 e. The molecular weight excluding hydrogens is 442 g/mol. The lowest BCUT2D eigenvalue weighted by Gasteiger charge is -2.19. The zero-order valence-corrected chi connectivity index (χ0v) is 19.4. The summed E-state index contributed by atoms with van der Waals surface area (Å²) in [5.74, 6) is -0.979. The Kier molecular flexibility index (Phi) is 6.25. The number of aryl methyl sites for hydroxylation is 1. The van der Waals surface area contributed by atoms with E-state index in [1.807, 2.05) is 0 Å². The molecule has 8 nitrogen and oxygen atoms in total. The zero-order valence-electron chi connectivity index (χ0n) is 18.6. The summed E-state index contributed by atoms with van der Waals surface area (Å²) in [4.78, 5) is 38.1. The summed E-state index contributed by atoms with van der Waals surface area (Å²) in [5.41, 5.74) is 2.04. The summed E-state index contributed by atoms with van der Waals surface area (Å²) in [5, 5.41) is 2.63. The second-order valence-corrected chi connectivity index (χ2v) is 10.4. The lowest BCUT2D eigenvalue weighted by molar-refractivity contribution is -0.140. The van der Waals surface area contributed by atoms with Gasteiger partial charge in [-0.15, -0.1) is 0 Å². The third-order valence-electron chi connectivity index (χ3n) is 6.27. The van der Waals surface area contributed by atoms with E-state index in [9.17, 15) is 22.8 Å². The Morgan fingerprint density at radius 2 is 1.55 bits per heavy atom. The number of fused-ring (bicyclic) bond motifs is 1. The lowest BCUT2D eigenvalue weighted by atomic mass is 9.81. The van der Waals surface area contributed by atoms with Crippen LogP contribution in [0, 0.1) is 18.8 Å². The number of benzene rings is 2. The monoisotopic (exact) mass is 469 g/mol. The first-order valence-electron chi connectivity index (χ1n) is 11.0. The van der Waals surface area contributed by atoms with Crippen LogP contribution in [0.4, 0.5) is 11.4 Å². The molecule has 2 aliphatic rings. The average Bonchev–Trinajstić information content (AvgIpc) is 3.01. The van der Waals surface area contributed by atoms with Crippen LogP contribution >= 0.6 is 0 Å². The second-order valence-electron chi connectivity index (χ2n) is 8.72. The number of carbonyl (C=O) groups is 3. The topological polar surface area (TPSA) is 113 Å². The minimum absolute atomic E-state index is 0.0683. The molecule has 2 fully saturated rings. The molecule has 4 rings (SSSR count). The highest BCUT2D eigenvalue weighted by molar-refractivity contribution is 7.92. The first-order valence-corrected chi connectivity index (χ1v) is 12.5. The average molecular weight is 470 g/mol. The van der Waals surface area contributed by atoms with Crippen molar-refractivity contribution in [3.05, 3.63) is 53.6 Å². The van der Waals surface area contributed by atoms with Crippen molar-refractivity contribution >= 4 is 39.1 Å². The molecule has 1 aliphatic carbocycles. The van der Waals surface area contributed by atoms with Crippen LogP contribution in [0.3, 0.4) is 0 Å². The standard InChI is InChI=1S/C24H27N3O5S/c1-15-7-8-17(14-27-23(29)20-5-3-4-6-21(20)24(27)30)13-22(15)33(31,32)26-19-11-9-18(10-12-19)25-16(2)28/h7-13,20-21,26H,3-6,14H2,1-2H3,(H,25,28)/t20-,21+. The number of hydrogen-bond acceptors (Lipinski definition) is 5. The number of sulfonamides is 1. The molecule has 1 heterocycles. The van der Waals surface area contributed by atoms with Crippen LogP contribution in [0.25, 0.3) is 0 Å². The van der Waals surface area contributed by atoms with Crippen LogP contribution in [0.5, 0.6) is 0 Å². The molecule has 0 unspecified atom stereocenters. The summed E-state index contributed by atoms with van der Waals surface area (Å²) in [7, 11) is -3.91. The number of nitrogens with one attached hydrogen (secondary N) is 2. The number of imide groups is 1. The zero-order chi connectivity index (χ0) is 23.8. The third-order valence-corrected chi connectivity index (χ3v) is 7.80. The number of nitrogens with zero attached hydrogens (tertiary/aromatic N) is 1. The van der Waals surface area contributed by atoms with Gasteiger partial charge >= 0.3 is 0 Å². The third kappa shape index (κ3) is 4.78. The molecule has 2 N–H and O–H groups in total. The fourth-order valence-electron chi connectivity index (χ4n) is 4.64. The maximum atomic E-state index is 13.1. The summed E-state index contributed by atoms with van der Waals surface area (Å²) in [6.07, 6.45) is 3.39. The van der Waals surface area contributed by atoms with E-state index in [2.05, 4.69) is 10.0 Å². The van der Waals surface area contributed by atoms with E-state index in [-0.39, 0.29) is 41.0 Å². The molecule has 2 aromatic rings. The van der Waals surface area contributed by atoms with E-state index in [4.69, 9.17) is 0 Å².